The molecule has 1 aliphatic heterocycles. The van der Waals surface area contributed by atoms with Crippen LogP contribution in [0.5, 0.6) is 11.5 Å². The van der Waals surface area contributed by atoms with Crippen molar-refractivity contribution in [1.82, 2.24) is 10.2 Å². The van der Waals surface area contributed by atoms with Gasteiger partial charge < -0.3 is 10.1 Å². The van der Waals surface area contributed by atoms with Gasteiger partial charge in [-0.2, -0.15) is 0 Å². The number of rotatable bonds is 5. The van der Waals surface area contributed by atoms with E-state index < -0.39 is 0 Å². The van der Waals surface area contributed by atoms with Gasteiger partial charge in [0.05, 0.1) is 0 Å². The quantitative estimate of drug-likeness (QED) is 0.901. The Morgan fingerprint density at radius 1 is 1.12 bits per heavy atom. The zero-order valence-electron chi connectivity index (χ0n) is 14.0. The largest absolute Gasteiger partial charge is 0.454 e. The van der Waals surface area contributed by atoms with Crippen molar-refractivity contribution in [3.8, 4) is 11.5 Å². The Morgan fingerprint density at radius 2 is 1.83 bits per heavy atom. The normalized spacial score (nSPS) is 16.2. The molecule has 4 heteroatoms. The standard InChI is InChI=1S/C20H23FN2O/c1-16(10-13-23-14-11-22-12-15-23)17-6-8-18(9-7-17)24-20-5-3-2-4-19(20)21/h2-10,22H,11-15H2,1H3. The molecule has 0 unspecified atom stereocenters. The number of piperazine rings is 1. The van der Waals surface area contributed by atoms with Crippen molar-refractivity contribution >= 4 is 5.57 Å². The predicted octanol–water partition coefficient (Wildman–Crippen LogP) is 3.93. The van der Waals surface area contributed by atoms with Gasteiger partial charge in [0, 0.05) is 32.7 Å². The first-order valence-corrected chi connectivity index (χ1v) is 8.35. The molecule has 0 bridgehead atoms. The number of halogens is 1. The van der Waals surface area contributed by atoms with Crippen molar-refractivity contribution in [1.29, 1.82) is 0 Å². The van der Waals surface area contributed by atoms with Crippen molar-refractivity contribution in [3.05, 3.63) is 66.0 Å². The molecule has 0 radical (unpaired) electrons. The monoisotopic (exact) mass is 326 g/mol. The fourth-order valence-corrected chi connectivity index (χ4v) is 2.72. The van der Waals surface area contributed by atoms with E-state index in [-0.39, 0.29) is 11.6 Å². The molecule has 1 N–H and O–H groups in total. The zero-order valence-corrected chi connectivity index (χ0v) is 14.0. The molecule has 2 aromatic rings. The number of nitrogens with one attached hydrogen (secondary N) is 1. The van der Waals surface area contributed by atoms with Gasteiger partial charge in [-0.25, -0.2) is 4.39 Å². The summed E-state index contributed by atoms with van der Waals surface area (Å²) < 4.78 is 19.2. The molecule has 3 nitrogen and oxygen atoms in total. The van der Waals surface area contributed by atoms with E-state index in [0.29, 0.717) is 5.75 Å². The molecular weight excluding hydrogens is 303 g/mol. The topological polar surface area (TPSA) is 24.5 Å². The van der Waals surface area contributed by atoms with Crippen LogP contribution in [-0.4, -0.2) is 37.6 Å². The summed E-state index contributed by atoms with van der Waals surface area (Å²) in [4.78, 5) is 2.44. The van der Waals surface area contributed by atoms with Gasteiger partial charge >= 0.3 is 0 Å². The van der Waals surface area contributed by atoms with E-state index in [1.807, 2.05) is 24.3 Å². The molecular formula is C20H23FN2O. The average molecular weight is 326 g/mol. The van der Waals surface area contributed by atoms with E-state index in [9.17, 15) is 4.39 Å². The van der Waals surface area contributed by atoms with E-state index in [2.05, 4.69) is 23.2 Å². The maximum atomic E-state index is 13.6. The lowest BCUT2D eigenvalue weighted by molar-refractivity contribution is 0.265. The Hall–Kier alpha value is -2.17. The molecule has 0 amide bonds. The Labute approximate surface area is 142 Å². The number of hydrogen-bond acceptors (Lipinski definition) is 3. The second kappa shape index (κ2) is 8.08. The van der Waals surface area contributed by atoms with Crippen molar-refractivity contribution in [2.75, 3.05) is 32.7 Å². The van der Waals surface area contributed by atoms with Crippen LogP contribution in [0.2, 0.25) is 0 Å². The second-order valence-electron chi connectivity index (χ2n) is 5.99. The highest BCUT2D eigenvalue weighted by atomic mass is 19.1. The number of allylic oxidation sites excluding steroid dienone is 1. The van der Waals surface area contributed by atoms with Gasteiger partial charge in [-0.15, -0.1) is 0 Å². The molecule has 24 heavy (non-hydrogen) atoms. The maximum absolute atomic E-state index is 13.6. The lowest BCUT2D eigenvalue weighted by Gasteiger charge is -2.26. The van der Waals surface area contributed by atoms with Gasteiger partial charge in [0.15, 0.2) is 11.6 Å². The molecule has 1 aliphatic rings. The summed E-state index contributed by atoms with van der Waals surface area (Å²) in [7, 11) is 0. The van der Waals surface area contributed by atoms with E-state index in [1.54, 1.807) is 18.2 Å². The fraction of sp³-hybridized carbons (Fsp3) is 0.300. The number of nitrogens with zero attached hydrogens (tertiary/aromatic N) is 1. The average Bonchev–Trinajstić information content (AvgIpc) is 2.63. The molecule has 0 atom stereocenters. The van der Waals surface area contributed by atoms with Gasteiger partial charge in [-0.3, -0.25) is 4.90 Å². The summed E-state index contributed by atoms with van der Waals surface area (Å²) in [5.74, 6) is 0.531. The Balaban J connectivity index is 1.62. The highest BCUT2D eigenvalue weighted by Crippen LogP contribution is 2.25. The van der Waals surface area contributed by atoms with Crippen molar-refractivity contribution in [2.45, 2.75) is 6.92 Å². The first-order chi connectivity index (χ1) is 11.7. The van der Waals surface area contributed by atoms with Crippen LogP contribution in [-0.2, 0) is 0 Å². The SMILES string of the molecule is CC(=CCN1CCNCC1)c1ccc(Oc2ccccc2F)cc1. The molecule has 3 rings (SSSR count). The molecule has 0 aromatic heterocycles. The summed E-state index contributed by atoms with van der Waals surface area (Å²) >= 11 is 0. The molecule has 2 aromatic carbocycles. The van der Waals surface area contributed by atoms with Crippen LogP contribution in [0.3, 0.4) is 0 Å². The zero-order chi connectivity index (χ0) is 16.8. The van der Waals surface area contributed by atoms with Crippen LogP contribution in [0.15, 0.2) is 54.6 Å². The molecule has 126 valence electrons. The van der Waals surface area contributed by atoms with Gasteiger partial charge in [-0.05, 0) is 42.3 Å². The summed E-state index contributed by atoms with van der Waals surface area (Å²) in [5.41, 5.74) is 2.40. The van der Waals surface area contributed by atoms with Gasteiger partial charge in [-0.1, -0.05) is 30.3 Å². The van der Waals surface area contributed by atoms with E-state index in [1.165, 1.54) is 11.6 Å². The molecule has 0 saturated carbocycles. The summed E-state index contributed by atoms with van der Waals surface area (Å²) in [5, 5.41) is 3.36. The van der Waals surface area contributed by atoms with Crippen molar-refractivity contribution in [3.63, 3.8) is 0 Å². The Kier molecular flexibility index (Phi) is 5.62. The molecule has 1 heterocycles. The van der Waals surface area contributed by atoms with E-state index >= 15 is 0 Å². The van der Waals surface area contributed by atoms with Gasteiger partial charge in [0.25, 0.3) is 0 Å². The summed E-state index contributed by atoms with van der Waals surface area (Å²) in [6.07, 6.45) is 2.26. The third-order valence-electron chi connectivity index (χ3n) is 4.24. The van der Waals surface area contributed by atoms with Crippen LogP contribution < -0.4 is 10.1 Å². The van der Waals surface area contributed by atoms with Crippen LogP contribution in [0.1, 0.15) is 12.5 Å². The third kappa shape index (κ3) is 4.43. The van der Waals surface area contributed by atoms with Crippen LogP contribution in [0.4, 0.5) is 4.39 Å². The Bertz CT molecular complexity index is 691. The van der Waals surface area contributed by atoms with E-state index in [0.717, 1.165) is 38.3 Å². The van der Waals surface area contributed by atoms with Crippen molar-refractivity contribution in [2.24, 2.45) is 0 Å². The van der Waals surface area contributed by atoms with Crippen LogP contribution >= 0.6 is 0 Å². The van der Waals surface area contributed by atoms with E-state index in [4.69, 9.17) is 4.74 Å². The molecule has 1 fully saturated rings. The summed E-state index contributed by atoms with van der Waals surface area (Å²) in [6, 6.07) is 14.2. The number of benzene rings is 2. The number of ether oxygens (including phenoxy) is 1. The maximum Gasteiger partial charge on any atom is 0.165 e. The first kappa shape index (κ1) is 16.7. The minimum absolute atomic E-state index is 0.247. The third-order valence-corrected chi connectivity index (χ3v) is 4.24. The van der Waals surface area contributed by atoms with Crippen molar-refractivity contribution < 1.29 is 9.13 Å². The molecule has 0 aliphatic carbocycles. The molecule has 0 spiro atoms. The predicted molar refractivity (Wildman–Crippen MR) is 95.9 cm³/mol. The number of para-hydroxylation sites is 1. The minimum atomic E-state index is -0.353. The van der Waals surface area contributed by atoms with Gasteiger partial charge in [0.1, 0.15) is 5.75 Å². The lowest BCUT2D eigenvalue weighted by atomic mass is 10.1. The summed E-state index contributed by atoms with van der Waals surface area (Å²) in [6.45, 7) is 7.41. The highest BCUT2D eigenvalue weighted by Gasteiger charge is 2.08. The number of hydrogen-bond donors (Lipinski definition) is 1. The smallest absolute Gasteiger partial charge is 0.165 e. The van der Waals surface area contributed by atoms with Crippen LogP contribution in [0, 0.1) is 5.82 Å². The first-order valence-electron chi connectivity index (χ1n) is 8.35. The fourth-order valence-electron chi connectivity index (χ4n) is 2.72. The minimum Gasteiger partial charge on any atom is -0.454 e. The van der Waals surface area contributed by atoms with Crippen LogP contribution in [0.25, 0.3) is 5.57 Å². The lowest BCUT2D eigenvalue weighted by Crippen LogP contribution is -2.43. The van der Waals surface area contributed by atoms with Gasteiger partial charge in [0.2, 0.25) is 0 Å². The highest BCUT2D eigenvalue weighted by molar-refractivity contribution is 5.64. The second-order valence-corrected chi connectivity index (χ2v) is 5.99. The Morgan fingerprint density at radius 3 is 2.54 bits per heavy atom. The molecule has 1 saturated heterocycles.